The van der Waals surface area contributed by atoms with E-state index in [9.17, 15) is 9.90 Å². The molecule has 2 unspecified atom stereocenters. The van der Waals surface area contributed by atoms with Gasteiger partial charge in [-0.15, -0.1) is 0 Å². The lowest BCUT2D eigenvalue weighted by molar-refractivity contribution is -0.120. The summed E-state index contributed by atoms with van der Waals surface area (Å²) >= 11 is 1.49. The quantitative estimate of drug-likeness (QED) is 0.807. The summed E-state index contributed by atoms with van der Waals surface area (Å²) in [4.78, 5) is 11.5. The molecule has 1 aromatic carbocycles. The van der Waals surface area contributed by atoms with E-state index in [2.05, 4.69) is 5.32 Å². The summed E-state index contributed by atoms with van der Waals surface area (Å²) in [6.45, 7) is 2.15. The second-order valence-electron chi connectivity index (χ2n) is 3.97. The van der Waals surface area contributed by atoms with Crippen LogP contribution in [0.15, 0.2) is 30.3 Å². The lowest BCUT2D eigenvalue weighted by Gasteiger charge is -2.14. The first-order valence-corrected chi connectivity index (χ1v) is 6.94. The maximum absolute atomic E-state index is 11.5. The minimum Gasteiger partial charge on any atom is -0.391 e. The zero-order valence-corrected chi connectivity index (χ0v) is 11.0. The van der Waals surface area contributed by atoms with Crippen molar-refractivity contribution in [1.29, 1.82) is 0 Å². The molecule has 1 rings (SSSR count). The summed E-state index contributed by atoms with van der Waals surface area (Å²) in [6, 6.07) is 9.76. The summed E-state index contributed by atoms with van der Waals surface area (Å²) < 4.78 is 0. The van der Waals surface area contributed by atoms with Crippen molar-refractivity contribution in [2.45, 2.75) is 24.7 Å². The predicted octanol–water partition coefficient (Wildman–Crippen LogP) is 1.46. The van der Waals surface area contributed by atoms with Gasteiger partial charge in [0.05, 0.1) is 11.4 Å². The molecular weight excluding hydrogens is 234 g/mol. The van der Waals surface area contributed by atoms with Gasteiger partial charge in [0.25, 0.3) is 0 Å². The summed E-state index contributed by atoms with van der Waals surface area (Å²) in [5.41, 5.74) is 1.08. The number of hydrogen-bond donors (Lipinski definition) is 2. The molecule has 4 heteroatoms. The summed E-state index contributed by atoms with van der Waals surface area (Å²) in [6.07, 6.45) is 1.93. The number of hydrogen-bond acceptors (Lipinski definition) is 3. The molecule has 0 aliphatic carbocycles. The fourth-order valence-electron chi connectivity index (χ4n) is 1.43. The second-order valence-corrected chi connectivity index (χ2v) is 5.15. The van der Waals surface area contributed by atoms with Crippen molar-refractivity contribution in [3.63, 3.8) is 0 Å². The Bertz CT molecular complexity index is 343. The Hall–Kier alpha value is -1.00. The Labute approximate surface area is 107 Å². The van der Waals surface area contributed by atoms with Gasteiger partial charge in [-0.1, -0.05) is 30.3 Å². The number of aliphatic hydroxyl groups is 1. The van der Waals surface area contributed by atoms with E-state index in [0.29, 0.717) is 13.0 Å². The average Bonchev–Trinajstić information content (AvgIpc) is 2.36. The lowest BCUT2D eigenvalue weighted by Crippen LogP contribution is -2.37. The van der Waals surface area contributed by atoms with Crippen LogP contribution in [0.1, 0.15) is 12.5 Å². The minimum atomic E-state index is -0.532. The SMILES string of the molecule is CSC(C)C(=O)NCC(O)Cc1ccccc1. The van der Waals surface area contributed by atoms with Crippen molar-refractivity contribution >= 4 is 17.7 Å². The van der Waals surface area contributed by atoms with Gasteiger partial charge in [-0.3, -0.25) is 4.79 Å². The molecule has 1 aromatic rings. The van der Waals surface area contributed by atoms with Crippen LogP contribution in [0.3, 0.4) is 0 Å². The first-order valence-electron chi connectivity index (χ1n) is 5.66. The molecule has 94 valence electrons. The van der Waals surface area contributed by atoms with E-state index >= 15 is 0 Å². The van der Waals surface area contributed by atoms with Gasteiger partial charge in [0.1, 0.15) is 0 Å². The lowest BCUT2D eigenvalue weighted by atomic mass is 10.1. The molecule has 1 amide bonds. The number of amides is 1. The Balaban J connectivity index is 2.31. The van der Waals surface area contributed by atoms with Crippen molar-refractivity contribution in [1.82, 2.24) is 5.32 Å². The molecular formula is C13H19NO2S. The molecule has 0 saturated carbocycles. The van der Waals surface area contributed by atoms with Gasteiger partial charge in [-0.2, -0.15) is 11.8 Å². The van der Waals surface area contributed by atoms with Crippen LogP contribution < -0.4 is 5.32 Å². The van der Waals surface area contributed by atoms with Crippen LogP contribution in [0, 0.1) is 0 Å². The van der Waals surface area contributed by atoms with Gasteiger partial charge < -0.3 is 10.4 Å². The molecule has 0 aliphatic heterocycles. The van der Waals surface area contributed by atoms with Gasteiger partial charge in [-0.05, 0) is 18.7 Å². The van der Waals surface area contributed by atoms with Crippen LogP contribution in [-0.2, 0) is 11.2 Å². The van der Waals surface area contributed by atoms with Gasteiger partial charge in [0.15, 0.2) is 0 Å². The van der Waals surface area contributed by atoms with Crippen molar-refractivity contribution < 1.29 is 9.90 Å². The van der Waals surface area contributed by atoms with Crippen LogP contribution in [0.4, 0.5) is 0 Å². The standard InChI is InChI=1S/C13H19NO2S/c1-10(17-2)13(16)14-9-12(15)8-11-6-4-3-5-7-11/h3-7,10,12,15H,8-9H2,1-2H3,(H,14,16). The van der Waals surface area contributed by atoms with Crippen molar-refractivity contribution in [2.75, 3.05) is 12.8 Å². The van der Waals surface area contributed by atoms with E-state index in [0.717, 1.165) is 5.56 Å². The van der Waals surface area contributed by atoms with E-state index in [1.807, 2.05) is 43.5 Å². The molecule has 0 fully saturated rings. The Morgan fingerprint density at radius 2 is 2.06 bits per heavy atom. The number of benzene rings is 1. The normalized spacial score (nSPS) is 14.1. The van der Waals surface area contributed by atoms with E-state index in [4.69, 9.17) is 0 Å². The summed E-state index contributed by atoms with van der Waals surface area (Å²) in [5, 5.41) is 12.5. The molecule has 2 N–H and O–H groups in total. The number of aliphatic hydroxyl groups excluding tert-OH is 1. The first-order chi connectivity index (χ1) is 8.13. The second kappa shape index (κ2) is 7.35. The van der Waals surface area contributed by atoms with E-state index < -0.39 is 6.10 Å². The van der Waals surface area contributed by atoms with E-state index in [-0.39, 0.29) is 11.2 Å². The van der Waals surface area contributed by atoms with Crippen LogP contribution in [-0.4, -0.2) is 35.2 Å². The zero-order valence-electron chi connectivity index (χ0n) is 10.2. The number of carbonyl (C=O) groups excluding carboxylic acids is 1. The molecule has 3 nitrogen and oxygen atoms in total. The first kappa shape index (κ1) is 14.1. The summed E-state index contributed by atoms with van der Waals surface area (Å²) in [7, 11) is 0. The molecule has 2 atom stereocenters. The fourth-order valence-corrected chi connectivity index (χ4v) is 1.72. The average molecular weight is 253 g/mol. The monoisotopic (exact) mass is 253 g/mol. The highest BCUT2D eigenvalue weighted by Crippen LogP contribution is 2.05. The molecule has 0 aliphatic rings. The highest BCUT2D eigenvalue weighted by atomic mass is 32.2. The van der Waals surface area contributed by atoms with Gasteiger partial charge in [-0.25, -0.2) is 0 Å². The zero-order chi connectivity index (χ0) is 12.7. The third-order valence-electron chi connectivity index (χ3n) is 2.55. The maximum Gasteiger partial charge on any atom is 0.232 e. The maximum atomic E-state index is 11.5. The smallest absolute Gasteiger partial charge is 0.232 e. The largest absolute Gasteiger partial charge is 0.391 e. The minimum absolute atomic E-state index is 0.0235. The van der Waals surface area contributed by atoms with Crippen molar-refractivity contribution in [2.24, 2.45) is 0 Å². The molecule has 0 saturated heterocycles. The molecule has 0 spiro atoms. The fraction of sp³-hybridized carbons (Fsp3) is 0.462. The Morgan fingerprint density at radius 1 is 1.41 bits per heavy atom. The molecule has 0 heterocycles. The predicted molar refractivity (Wildman–Crippen MR) is 72.1 cm³/mol. The van der Waals surface area contributed by atoms with Crippen LogP contribution in [0.5, 0.6) is 0 Å². The molecule has 17 heavy (non-hydrogen) atoms. The Morgan fingerprint density at radius 3 is 2.65 bits per heavy atom. The topological polar surface area (TPSA) is 49.3 Å². The molecule has 0 bridgehead atoms. The van der Waals surface area contributed by atoms with Gasteiger partial charge in [0, 0.05) is 13.0 Å². The highest BCUT2D eigenvalue weighted by Gasteiger charge is 2.12. The molecule has 0 radical (unpaired) electrons. The van der Waals surface area contributed by atoms with Crippen LogP contribution in [0.25, 0.3) is 0 Å². The molecule has 0 aromatic heterocycles. The van der Waals surface area contributed by atoms with Crippen LogP contribution >= 0.6 is 11.8 Å². The van der Waals surface area contributed by atoms with Gasteiger partial charge in [0.2, 0.25) is 5.91 Å². The number of rotatable bonds is 6. The van der Waals surface area contributed by atoms with Crippen LogP contribution in [0.2, 0.25) is 0 Å². The van der Waals surface area contributed by atoms with Gasteiger partial charge >= 0.3 is 0 Å². The highest BCUT2D eigenvalue weighted by molar-refractivity contribution is 7.99. The number of carbonyl (C=O) groups is 1. The van der Waals surface area contributed by atoms with Crippen molar-refractivity contribution in [3.05, 3.63) is 35.9 Å². The van der Waals surface area contributed by atoms with E-state index in [1.165, 1.54) is 11.8 Å². The number of nitrogens with one attached hydrogen (secondary N) is 1. The Kier molecular flexibility index (Phi) is 6.08. The van der Waals surface area contributed by atoms with Crippen molar-refractivity contribution in [3.8, 4) is 0 Å². The third kappa shape index (κ3) is 5.24. The number of thioether (sulfide) groups is 1. The summed E-state index contributed by atoms with van der Waals surface area (Å²) in [5.74, 6) is -0.0235. The third-order valence-corrected chi connectivity index (χ3v) is 3.47. The van der Waals surface area contributed by atoms with E-state index in [1.54, 1.807) is 0 Å².